The largest absolute Gasteiger partial charge is 0.0629 e. The molecule has 0 N–H and O–H groups in total. The Morgan fingerprint density at radius 3 is 0.866 bits per heavy atom. The molecule has 0 amide bonds. The zero-order chi connectivity index (χ0) is 91.8. The van der Waals surface area contributed by atoms with E-state index in [2.05, 4.69) is 375 Å². The highest BCUT2D eigenvalue weighted by Crippen LogP contribution is 2.44. The molecule has 0 saturated heterocycles. The molecular formula is C119H154. The van der Waals surface area contributed by atoms with E-state index in [1.54, 1.807) is 16.7 Å². The van der Waals surface area contributed by atoms with Gasteiger partial charge in [0.15, 0.2) is 0 Å². The SMILES string of the molecule is CC(C)c1c(-c2ccccc2)cccc1-c1ccccc1.CC(C)c1c(C2CCCCC2)cccc1C1CCCCC1.CC(C)c1ccccc1-c1ccccc1.CC(C)c1ccccc1C(C)(C)C.CC(C)c1ccccc1C(C)C.Cc1ccccc1C(C)C.[2H]C(C)(C)c1ccccc1C(C)C.[2H]c1c([2H])c([2H])c(-c2ccccc2C(C)C)c([2H])c1[2H]. The van der Waals surface area contributed by atoms with Crippen LogP contribution in [-0.2, 0) is 5.41 Å². The first-order valence-electron chi connectivity index (χ1n) is 48.4. The minimum Gasteiger partial charge on any atom is -0.0622 e. The molecule has 0 spiro atoms. The van der Waals surface area contributed by atoms with E-state index in [-0.39, 0.29) is 47.1 Å². The standard InChI is InChI=1S/C21H32.C21H20.2C15H16.C13H20.2C12H18.C10H14/c2*1-16(2)21-19(17-10-5-3-6-11-17)14-9-15-20(21)18-12-7-4-8-13-18;2*1-12(2)14-10-6-7-11-15(14)13-8-4-3-5-9-13;1-10(2)11-8-6-7-9-12(11)13(3,4)5;2*1-9(2)11-7-5-6-8-12(11)10(3)4;1-8(2)10-7-5-4-6-9(10)3/h9,14-18H,3-8,10-13H2,1-2H3;3-16H,1-2H3;2*3-12H,1-2H3;6-10H,1-5H3;2*5-10H,1-4H3;4-8H,1-3H3/i;;3D,4D,5D,8D,9D;;;9D;;. The minimum atomic E-state index is -0.485. The quantitative estimate of drug-likeness (QED) is 0.0904. The van der Waals surface area contributed by atoms with Gasteiger partial charge < -0.3 is 0 Å². The van der Waals surface area contributed by atoms with Crippen LogP contribution in [0.4, 0.5) is 0 Å². The fourth-order valence-electron chi connectivity index (χ4n) is 17.2. The Morgan fingerprint density at radius 2 is 0.538 bits per heavy atom. The van der Waals surface area contributed by atoms with E-state index in [0.29, 0.717) is 52.9 Å². The number of benzene rings is 12. The molecule has 2 saturated carbocycles. The van der Waals surface area contributed by atoms with Crippen molar-refractivity contribution < 1.29 is 8.22 Å². The van der Waals surface area contributed by atoms with E-state index in [1.807, 2.05) is 64.1 Å². The summed E-state index contributed by atoms with van der Waals surface area (Å²) in [5.74, 6) is 6.21. The molecule has 0 atom stereocenters. The minimum absolute atomic E-state index is 0.149. The smallest absolute Gasteiger partial charge is 0.0622 e. The first-order valence-corrected chi connectivity index (χ1v) is 45.4. The van der Waals surface area contributed by atoms with Gasteiger partial charge in [-0.25, -0.2) is 0 Å². The Bertz CT molecular complexity index is 4960. The lowest BCUT2D eigenvalue weighted by Crippen LogP contribution is -2.14. The summed E-state index contributed by atoms with van der Waals surface area (Å²) < 4.78 is 47.2. The van der Waals surface area contributed by atoms with Gasteiger partial charge in [0.05, 0.1) is 6.85 Å². The molecule has 119 heavy (non-hydrogen) atoms. The van der Waals surface area contributed by atoms with Crippen LogP contribution in [0.1, 0.15) is 381 Å². The Kier molecular flexibility index (Phi) is 36.8. The van der Waals surface area contributed by atoms with Gasteiger partial charge in [-0.2, -0.15) is 0 Å². The van der Waals surface area contributed by atoms with Crippen LogP contribution in [0, 0.1) is 6.92 Å². The van der Waals surface area contributed by atoms with Crippen LogP contribution in [0.3, 0.4) is 0 Å². The molecule has 0 radical (unpaired) electrons. The van der Waals surface area contributed by atoms with Gasteiger partial charge in [0, 0.05) is 1.37 Å². The summed E-state index contributed by atoms with van der Waals surface area (Å²) in [6.07, 6.45) is 14.4. The molecule has 0 heterocycles. The summed E-state index contributed by atoms with van der Waals surface area (Å²) in [7, 11) is 0. The van der Waals surface area contributed by atoms with Crippen LogP contribution < -0.4 is 0 Å². The fraction of sp³-hybridized carbons (Fsp3) is 0.395. The van der Waals surface area contributed by atoms with Gasteiger partial charge in [0.2, 0.25) is 0 Å². The lowest BCUT2D eigenvalue weighted by molar-refractivity contribution is 0.429. The van der Waals surface area contributed by atoms with Crippen molar-refractivity contribution in [1.29, 1.82) is 0 Å². The number of aryl methyl sites for hydroxylation is 1. The van der Waals surface area contributed by atoms with Gasteiger partial charge in [-0.3, -0.25) is 0 Å². The third-order valence-electron chi connectivity index (χ3n) is 23.3. The highest BCUT2D eigenvalue weighted by molar-refractivity contribution is 5.79. The van der Waals surface area contributed by atoms with E-state index in [9.17, 15) is 0 Å². The fourth-order valence-corrected chi connectivity index (χ4v) is 17.2. The van der Waals surface area contributed by atoms with Gasteiger partial charge in [-0.15, -0.1) is 0 Å². The average molecular weight is 1590 g/mol. The van der Waals surface area contributed by atoms with Crippen LogP contribution in [0.5, 0.6) is 0 Å². The van der Waals surface area contributed by atoms with Gasteiger partial charge in [-0.05, 0) is 231 Å². The average Bonchev–Trinajstić information content (AvgIpc) is 0.798. The van der Waals surface area contributed by atoms with Crippen LogP contribution >= 0.6 is 0 Å². The van der Waals surface area contributed by atoms with E-state index >= 15 is 0 Å². The molecule has 0 nitrogen and oxygen atoms in total. The molecule has 0 heteroatoms. The summed E-state index contributed by atoms with van der Waals surface area (Å²) in [5.41, 5.74) is 29.4. The van der Waals surface area contributed by atoms with Crippen molar-refractivity contribution in [2.45, 2.75) is 307 Å². The maximum atomic E-state index is 8.04. The van der Waals surface area contributed by atoms with Crippen LogP contribution in [-0.4, -0.2) is 0 Å². The molecule has 0 unspecified atom stereocenters. The number of hydrogen-bond donors (Lipinski definition) is 0. The molecule has 630 valence electrons. The Balaban J connectivity index is 0.000000199. The monoisotopic (exact) mass is 1590 g/mol. The summed E-state index contributed by atoms with van der Waals surface area (Å²) in [5, 5.41) is 0. The molecule has 12 aromatic rings. The molecule has 2 fully saturated rings. The zero-order valence-corrected chi connectivity index (χ0v) is 77.9. The highest BCUT2D eigenvalue weighted by Gasteiger charge is 2.26. The Hall–Kier alpha value is -9.36. The summed E-state index contributed by atoms with van der Waals surface area (Å²) >= 11 is 0. The van der Waals surface area contributed by atoms with Crippen molar-refractivity contribution >= 4 is 0 Å². The van der Waals surface area contributed by atoms with Crippen LogP contribution in [0.25, 0.3) is 44.5 Å². The third-order valence-corrected chi connectivity index (χ3v) is 23.3. The van der Waals surface area contributed by atoms with Gasteiger partial charge in [0.25, 0.3) is 0 Å². The second-order valence-corrected chi connectivity index (χ2v) is 36.9. The second kappa shape index (κ2) is 50.0. The third kappa shape index (κ3) is 30.1. The lowest BCUT2D eigenvalue weighted by atomic mass is 9.74. The first-order chi connectivity index (χ1) is 59.4. The van der Waals surface area contributed by atoms with E-state index in [4.69, 9.17) is 8.22 Å². The molecular weight excluding hydrogens is 1430 g/mol. The summed E-state index contributed by atoms with van der Waals surface area (Å²) in [4.78, 5) is 0. The molecule has 2 aliphatic carbocycles. The van der Waals surface area contributed by atoms with Gasteiger partial charge in [0.1, 0.15) is 0 Å². The van der Waals surface area contributed by atoms with E-state index in [0.717, 1.165) is 23.0 Å². The second-order valence-electron chi connectivity index (χ2n) is 36.9. The van der Waals surface area contributed by atoms with Crippen molar-refractivity contribution in [3.63, 3.8) is 0 Å². The Labute approximate surface area is 736 Å². The zero-order valence-electron chi connectivity index (χ0n) is 83.9. The topological polar surface area (TPSA) is 0 Å². The maximum Gasteiger partial charge on any atom is 0.0629 e. The Morgan fingerprint density at radius 1 is 0.252 bits per heavy atom. The van der Waals surface area contributed by atoms with Gasteiger partial charge in [-0.1, -0.05) is 501 Å². The molecule has 0 bridgehead atoms. The normalized spacial score (nSPS) is 13.7. The van der Waals surface area contributed by atoms with Crippen molar-refractivity contribution in [2.24, 2.45) is 0 Å². The van der Waals surface area contributed by atoms with Crippen LogP contribution in [0.15, 0.2) is 303 Å². The lowest BCUT2D eigenvalue weighted by Gasteiger charge is -2.31. The number of hydrogen-bond acceptors (Lipinski definition) is 0. The first kappa shape index (κ1) is 87.5. The number of rotatable bonds is 16. The molecule has 12 aromatic carbocycles. The molecule has 2 aliphatic rings. The molecule has 14 rings (SSSR count). The van der Waals surface area contributed by atoms with E-state index in [1.165, 1.54) is 148 Å². The van der Waals surface area contributed by atoms with E-state index < -0.39 is 5.89 Å². The summed E-state index contributed by atoms with van der Waals surface area (Å²) in [6, 6.07) is 94.9. The van der Waals surface area contributed by atoms with Crippen molar-refractivity contribution in [3.8, 4) is 44.5 Å². The van der Waals surface area contributed by atoms with Gasteiger partial charge >= 0.3 is 0 Å². The predicted octanol–water partition coefficient (Wildman–Crippen LogP) is 37.1. The van der Waals surface area contributed by atoms with Crippen molar-refractivity contribution in [3.05, 3.63) is 381 Å². The maximum absolute atomic E-state index is 8.04. The van der Waals surface area contributed by atoms with Crippen molar-refractivity contribution in [2.75, 3.05) is 0 Å². The predicted molar refractivity (Wildman–Crippen MR) is 529 cm³/mol. The van der Waals surface area contributed by atoms with Crippen molar-refractivity contribution in [1.82, 2.24) is 0 Å². The summed E-state index contributed by atoms with van der Waals surface area (Å²) in [6.45, 7) is 53.0. The molecule has 0 aromatic heterocycles. The highest BCUT2D eigenvalue weighted by atomic mass is 14.3. The van der Waals surface area contributed by atoms with Crippen LogP contribution in [0.2, 0.25) is 0 Å². The molecule has 0 aliphatic heterocycles.